The molecule has 27 heavy (non-hydrogen) atoms. The molecular formula is C20H18N3O3S+. The number of esters is 1. The summed E-state index contributed by atoms with van der Waals surface area (Å²) >= 11 is 1.20. The Kier molecular flexibility index (Phi) is 4.45. The SMILES string of the molecule is CCOC(=O)c1sc2nc(C[n+]3ccc4ccccc4c3)[nH]c(=O)c2c1C. The average Bonchev–Trinajstić information content (AvgIpc) is 2.99. The van der Waals surface area contributed by atoms with Crippen LogP contribution < -0.4 is 10.1 Å². The van der Waals surface area contributed by atoms with E-state index >= 15 is 0 Å². The number of rotatable bonds is 4. The van der Waals surface area contributed by atoms with Crippen molar-refractivity contribution in [2.75, 3.05) is 6.61 Å². The fourth-order valence-corrected chi connectivity index (χ4v) is 4.20. The van der Waals surface area contributed by atoms with Crippen molar-refractivity contribution >= 4 is 38.3 Å². The molecule has 0 spiro atoms. The number of nitrogens with zero attached hydrogens (tertiary/aromatic N) is 2. The molecule has 0 aliphatic carbocycles. The summed E-state index contributed by atoms with van der Waals surface area (Å²) in [5.41, 5.74) is 0.382. The number of carbonyl (C=O) groups is 1. The molecule has 3 heterocycles. The molecule has 0 aliphatic heterocycles. The van der Waals surface area contributed by atoms with Gasteiger partial charge in [-0.25, -0.2) is 9.78 Å². The summed E-state index contributed by atoms with van der Waals surface area (Å²) in [6.07, 6.45) is 3.97. The quantitative estimate of drug-likeness (QED) is 0.436. The van der Waals surface area contributed by atoms with E-state index in [1.165, 1.54) is 11.3 Å². The summed E-state index contributed by atoms with van der Waals surface area (Å²) in [5, 5.41) is 2.72. The topological polar surface area (TPSA) is 75.9 Å². The van der Waals surface area contributed by atoms with Crippen LogP contribution >= 0.6 is 11.3 Å². The number of ether oxygens (including phenoxy) is 1. The molecule has 3 aromatic heterocycles. The molecule has 7 heteroatoms. The number of fused-ring (bicyclic) bond motifs is 2. The fraction of sp³-hybridized carbons (Fsp3) is 0.200. The minimum Gasteiger partial charge on any atom is -0.462 e. The lowest BCUT2D eigenvalue weighted by Crippen LogP contribution is -2.35. The second-order valence-corrected chi connectivity index (χ2v) is 7.21. The Morgan fingerprint density at radius 1 is 1.26 bits per heavy atom. The summed E-state index contributed by atoms with van der Waals surface area (Å²) < 4.78 is 7.04. The molecule has 6 nitrogen and oxygen atoms in total. The van der Waals surface area contributed by atoms with Crippen LogP contribution in [0.4, 0.5) is 0 Å². The summed E-state index contributed by atoms with van der Waals surface area (Å²) in [7, 11) is 0. The van der Waals surface area contributed by atoms with Crippen LogP contribution in [0.2, 0.25) is 0 Å². The second kappa shape index (κ2) is 6.92. The maximum atomic E-state index is 12.6. The van der Waals surface area contributed by atoms with E-state index < -0.39 is 5.97 Å². The first-order valence-corrected chi connectivity index (χ1v) is 9.45. The van der Waals surface area contributed by atoms with E-state index in [1.807, 2.05) is 41.2 Å². The van der Waals surface area contributed by atoms with Crippen LogP contribution in [0.3, 0.4) is 0 Å². The van der Waals surface area contributed by atoms with Gasteiger partial charge < -0.3 is 9.72 Å². The van der Waals surface area contributed by atoms with Gasteiger partial charge in [0.25, 0.3) is 5.56 Å². The predicted octanol–water partition coefficient (Wildman–Crippen LogP) is 2.96. The number of aromatic nitrogens is 3. The van der Waals surface area contributed by atoms with E-state index in [0.29, 0.717) is 39.6 Å². The molecule has 1 aromatic carbocycles. The minimum atomic E-state index is -0.414. The first kappa shape index (κ1) is 17.4. The maximum Gasteiger partial charge on any atom is 0.348 e. The van der Waals surface area contributed by atoms with Crippen molar-refractivity contribution in [3.05, 3.63) is 69.3 Å². The lowest BCUT2D eigenvalue weighted by atomic mass is 10.2. The zero-order valence-corrected chi connectivity index (χ0v) is 15.8. The number of hydrogen-bond donors (Lipinski definition) is 1. The van der Waals surface area contributed by atoms with Crippen LogP contribution in [0.25, 0.3) is 21.0 Å². The highest BCUT2D eigenvalue weighted by atomic mass is 32.1. The smallest absolute Gasteiger partial charge is 0.348 e. The number of aryl methyl sites for hydroxylation is 1. The number of pyridine rings is 1. The van der Waals surface area contributed by atoms with E-state index in [4.69, 9.17) is 4.74 Å². The molecule has 4 rings (SSSR count). The van der Waals surface area contributed by atoms with Crippen LogP contribution in [0.5, 0.6) is 0 Å². The first-order chi connectivity index (χ1) is 13.1. The molecule has 0 radical (unpaired) electrons. The second-order valence-electron chi connectivity index (χ2n) is 6.22. The minimum absolute atomic E-state index is 0.235. The molecule has 136 valence electrons. The molecule has 0 fully saturated rings. The van der Waals surface area contributed by atoms with E-state index in [-0.39, 0.29) is 5.56 Å². The van der Waals surface area contributed by atoms with Gasteiger partial charge in [-0.2, -0.15) is 4.57 Å². The Labute approximate surface area is 159 Å². The van der Waals surface area contributed by atoms with Crippen LogP contribution in [0.1, 0.15) is 28.0 Å². The molecule has 0 unspecified atom stereocenters. The molecule has 0 amide bonds. The van der Waals surface area contributed by atoms with E-state index in [9.17, 15) is 9.59 Å². The van der Waals surface area contributed by atoms with Crippen molar-refractivity contribution in [3.63, 3.8) is 0 Å². The van der Waals surface area contributed by atoms with Crippen molar-refractivity contribution in [2.45, 2.75) is 20.4 Å². The van der Waals surface area contributed by atoms with Crippen molar-refractivity contribution in [3.8, 4) is 0 Å². The molecule has 1 N–H and O–H groups in total. The zero-order valence-electron chi connectivity index (χ0n) is 15.0. The van der Waals surface area contributed by atoms with E-state index in [1.54, 1.807) is 13.8 Å². The number of aromatic amines is 1. The lowest BCUT2D eigenvalue weighted by molar-refractivity contribution is -0.688. The molecule has 0 bridgehead atoms. The Balaban J connectivity index is 1.73. The monoisotopic (exact) mass is 380 g/mol. The van der Waals surface area contributed by atoms with Gasteiger partial charge in [-0.3, -0.25) is 4.79 Å². The van der Waals surface area contributed by atoms with Gasteiger partial charge in [-0.1, -0.05) is 18.2 Å². The number of benzene rings is 1. The third kappa shape index (κ3) is 3.21. The lowest BCUT2D eigenvalue weighted by Gasteiger charge is -2.00. The molecular weight excluding hydrogens is 362 g/mol. The van der Waals surface area contributed by atoms with E-state index in [2.05, 4.69) is 16.0 Å². The van der Waals surface area contributed by atoms with Crippen molar-refractivity contribution in [1.29, 1.82) is 0 Å². The van der Waals surface area contributed by atoms with Gasteiger partial charge in [0.1, 0.15) is 9.71 Å². The normalized spacial score (nSPS) is 11.2. The Hall–Kier alpha value is -3.06. The molecule has 4 aromatic rings. The predicted molar refractivity (Wildman–Crippen MR) is 104 cm³/mol. The summed E-state index contributed by atoms with van der Waals surface area (Å²) in [4.78, 5) is 33.0. The van der Waals surface area contributed by atoms with Crippen molar-refractivity contribution < 1.29 is 14.1 Å². The Morgan fingerprint density at radius 2 is 2.04 bits per heavy atom. The Bertz CT molecular complexity index is 1230. The highest BCUT2D eigenvalue weighted by Crippen LogP contribution is 2.27. The number of H-pyrrole nitrogens is 1. The summed E-state index contributed by atoms with van der Waals surface area (Å²) in [6, 6.07) is 10.1. The highest BCUT2D eigenvalue weighted by Gasteiger charge is 2.20. The van der Waals surface area contributed by atoms with Gasteiger partial charge in [0, 0.05) is 11.5 Å². The largest absolute Gasteiger partial charge is 0.462 e. The number of hydrogen-bond acceptors (Lipinski definition) is 5. The third-order valence-corrected chi connectivity index (χ3v) is 5.55. The van der Waals surface area contributed by atoms with Crippen LogP contribution in [-0.2, 0) is 11.3 Å². The van der Waals surface area contributed by atoms with Gasteiger partial charge in [-0.05, 0) is 30.9 Å². The van der Waals surface area contributed by atoms with Gasteiger partial charge in [-0.15, -0.1) is 11.3 Å². The molecule has 0 aliphatic rings. The number of nitrogens with one attached hydrogen (secondary N) is 1. The van der Waals surface area contributed by atoms with Crippen molar-refractivity contribution in [2.24, 2.45) is 0 Å². The standard InChI is InChI=1S/C20H17N3O3S/c1-3-26-20(25)17-12(2)16-18(24)21-15(22-19(16)27-17)11-23-9-8-13-6-4-5-7-14(13)10-23/h4-10H,3,11H2,1-2H3/p+1. The maximum absolute atomic E-state index is 12.6. The summed E-state index contributed by atoms with van der Waals surface area (Å²) in [5.74, 6) is 0.132. The molecule has 0 saturated carbocycles. The fourth-order valence-electron chi connectivity index (χ4n) is 3.10. The molecule has 0 atom stereocenters. The van der Waals surface area contributed by atoms with E-state index in [0.717, 1.165) is 10.8 Å². The summed E-state index contributed by atoms with van der Waals surface area (Å²) in [6.45, 7) is 4.23. The average molecular weight is 380 g/mol. The van der Waals surface area contributed by atoms with Gasteiger partial charge in [0.2, 0.25) is 6.54 Å². The van der Waals surface area contributed by atoms with Crippen LogP contribution in [0.15, 0.2) is 47.5 Å². The zero-order chi connectivity index (χ0) is 19.0. The van der Waals surface area contributed by atoms with Gasteiger partial charge in [0.05, 0.1) is 12.0 Å². The third-order valence-electron chi connectivity index (χ3n) is 4.39. The van der Waals surface area contributed by atoms with Gasteiger partial charge >= 0.3 is 5.97 Å². The number of thiophene rings is 1. The van der Waals surface area contributed by atoms with Crippen molar-refractivity contribution in [1.82, 2.24) is 9.97 Å². The Morgan fingerprint density at radius 3 is 2.81 bits per heavy atom. The van der Waals surface area contributed by atoms with Gasteiger partial charge in [0.15, 0.2) is 18.2 Å². The molecule has 0 saturated heterocycles. The highest BCUT2D eigenvalue weighted by molar-refractivity contribution is 7.20. The number of carbonyl (C=O) groups excluding carboxylic acids is 1. The first-order valence-electron chi connectivity index (χ1n) is 8.64. The van der Waals surface area contributed by atoms with Crippen LogP contribution in [-0.4, -0.2) is 22.5 Å². The van der Waals surface area contributed by atoms with Crippen LogP contribution in [0, 0.1) is 6.92 Å².